The summed E-state index contributed by atoms with van der Waals surface area (Å²) in [4.78, 5) is 12.0. The molecule has 0 heterocycles. The molecule has 0 aromatic heterocycles. The quantitative estimate of drug-likeness (QED) is 0.470. The first-order chi connectivity index (χ1) is 14.3. The highest BCUT2D eigenvalue weighted by molar-refractivity contribution is 5.94. The molecule has 1 N–H and O–H groups in total. The molecule has 0 aliphatic carbocycles. The summed E-state index contributed by atoms with van der Waals surface area (Å²) in [5.41, 5.74) is 6.34. The fourth-order valence-corrected chi connectivity index (χ4v) is 3.62. The number of carbonyl (C=O) groups excluding carboxylic acids is 1. The molecular formula is C27H31NO. The van der Waals surface area contributed by atoms with E-state index in [-0.39, 0.29) is 5.91 Å². The molecule has 0 atom stereocenters. The minimum Gasteiger partial charge on any atom is -0.352 e. The molecule has 29 heavy (non-hydrogen) atoms. The molecule has 2 heteroatoms. The Hall–Kier alpha value is -2.87. The van der Waals surface area contributed by atoms with Gasteiger partial charge in [-0.15, -0.1) is 0 Å². The molecule has 0 saturated carbocycles. The summed E-state index contributed by atoms with van der Waals surface area (Å²) in [7, 11) is 0. The number of hydrogen-bond acceptors (Lipinski definition) is 1. The van der Waals surface area contributed by atoms with Gasteiger partial charge in [-0.3, -0.25) is 4.79 Å². The van der Waals surface area contributed by atoms with Gasteiger partial charge in [-0.25, -0.2) is 0 Å². The van der Waals surface area contributed by atoms with Gasteiger partial charge in [0.05, 0.1) is 0 Å². The van der Waals surface area contributed by atoms with Crippen molar-refractivity contribution in [2.45, 2.75) is 45.4 Å². The Morgan fingerprint density at radius 3 is 2.00 bits per heavy atom. The first kappa shape index (κ1) is 20.9. The minimum atomic E-state index is 0.0192. The van der Waals surface area contributed by atoms with Gasteiger partial charge in [-0.1, -0.05) is 73.7 Å². The summed E-state index contributed by atoms with van der Waals surface area (Å²) >= 11 is 0. The van der Waals surface area contributed by atoms with Crippen molar-refractivity contribution in [1.82, 2.24) is 5.32 Å². The second kappa shape index (κ2) is 11.2. The maximum absolute atomic E-state index is 12.0. The molecule has 0 spiro atoms. The Balaban J connectivity index is 1.51. The van der Waals surface area contributed by atoms with Crippen molar-refractivity contribution >= 4 is 5.91 Å². The van der Waals surface area contributed by atoms with E-state index in [1.54, 1.807) is 0 Å². The van der Waals surface area contributed by atoms with E-state index in [1.165, 1.54) is 22.3 Å². The van der Waals surface area contributed by atoms with Crippen LogP contribution in [-0.2, 0) is 25.7 Å². The molecule has 0 saturated heterocycles. The van der Waals surface area contributed by atoms with E-state index in [4.69, 9.17) is 0 Å². The van der Waals surface area contributed by atoms with Crippen LogP contribution in [0.3, 0.4) is 0 Å². The monoisotopic (exact) mass is 385 g/mol. The zero-order chi connectivity index (χ0) is 20.3. The van der Waals surface area contributed by atoms with Gasteiger partial charge < -0.3 is 5.32 Å². The van der Waals surface area contributed by atoms with E-state index < -0.39 is 0 Å². The molecule has 0 radical (unpaired) electrons. The van der Waals surface area contributed by atoms with E-state index in [9.17, 15) is 4.79 Å². The number of nitrogens with one attached hydrogen (secondary N) is 1. The lowest BCUT2D eigenvalue weighted by Crippen LogP contribution is -2.23. The van der Waals surface area contributed by atoms with Gasteiger partial charge in [0, 0.05) is 12.1 Å². The molecule has 1 amide bonds. The summed E-state index contributed by atoms with van der Waals surface area (Å²) in [5.74, 6) is 0.0192. The lowest BCUT2D eigenvalue weighted by atomic mass is 9.95. The number of carbonyl (C=O) groups is 1. The molecule has 0 unspecified atom stereocenters. The summed E-state index contributed by atoms with van der Waals surface area (Å²) in [6.45, 7) is 2.79. The number of benzene rings is 3. The third-order valence-electron chi connectivity index (χ3n) is 5.31. The van der Waals surface area contributed by atoms with Gasteiger partial charge in [-0.05, 0) is 72.9 Å². The van der Waals surface area contributed by atoms with Gasteiger partial charge in [0.1, 0.15) is 0 Å². The molecule has 3 aromatic rings. The molecule has 0 aliphatic rings. The molecule has 2 nitrogen and oxygen atoms in total. The lowest BCUT2D eigenvalue weighted by Gasteiger charge is -2.10. The first-order valence-electron chi connectivity index (χ1n) is 10.7. The number of aryl methyl sites for hydroxylation is 4. The van der Waals surface area contributed by atoms with Crippen LogP contribution in [0.15, 0.2) is 78.9 Å². The Labute approximate surface area is 175 Å². The minimum absolute atomic E-state index is 0.0192. The number of amides is 1. The van der Waals surface area contributed by atoms with Gasteiger partial charge in [0.15, 0.2) is 0 Å². The number of rotatable bonds is 10. The topological polar surface area (TPSA) is 29.1 Å². The standard InChI is InChI=1S/C27H31NO/c1-2-21-28-27(29)26-19-16-23(17-20-26)11-8-14-24-12-6-7-13-25(24)18-15-22-9-4-3-5-10-22/h3-7,9-10,12-13,16-17,19-20H,2,8,11,14-15,18,21H2,1H3,(H,28,29). The van der Waals surface area contributed by atoms with E-state index in [0.29, 0.717) is 0 Å². The Kier molecular flexibility index (Phi) is 8.06. The molecule has 0 bridgehead atoms. The SMILES string of the molecule is CCCNC(=O)c1ccc(CCCc2ccccc2CCc2ccccc2)cc1. The van der Waals surface area contributed by atoms with Crippen LogP contribution in [-0.4, -0.2) is 12.5 Å². The molecule has 0 fully saturated rings. The van der Waals surface area contributed by atoms with Crippen LogP contribution >= 0.6 is 0 Å². The summed E-state index contributed by atoms with van der Waals surface area (Å²) in [6.07, 6.45) is 6.36. The second-order valence-corrected chi connectivity index (χ2v) is 7.56. The van der Waals surface area contributed by atoms with Crippen molar-refractivity contribution < 1.29 is 4.79 Å². The lowest BCUT2D eigenvalue weighted by molar-refractivity contribution is 0.0953. The van der Waals surface area contributed by atoms with E-state index in [0.717, 1.165) is 50.6 Å². The molecule has 3 rings (SSSR count). The van der Waals surface area contributed by atoms with E-state index >= 15 is 0 Å². The predicted octanol–water partition coefficient (Wildman–Crippen LogP) is 5.79. The highest BCUT2D eigenvalue weighted by Crippen LogP contribution is 2.16. The van der Waals surface area contributed by atoms with Crippen molar-refractivity contribution in [3.63, 3.8) is 0 Å². The van der Waals surface area contributed by atoms with E-state index in [2.05, 4.69) is 79.0 Å². The summed E-state index contributed by atoms with van der Waals surface area (Å²) in [6, 6.07) is 27.6. The van der Waals surface area contributed by atoms with E-state index in [1.807, 2.05) is 12.1 Å². The fraction of sp³-hybridized carbons (Fsp3) is 0.296. The van der Waals surface area contributed by atoms with Crippen molar-refractivity contribution in [3.05, 3.63) is 107 Å². The fourth-order valence-electron chi connectivity index (χ4n) is 3.62. The average molecular weight is 386 g/mol. The Bertz CT molecular complexity index is 884. The normalized spacial score (nSPS) is 10.7. The number of hydrogen-bond donors (Lipinski definition) is 1. The second-order valence-electron chi connectivity index (χ2n) is 7.56. The zero-order valence-electron chi connectivity index (χ0n) is 17.4. The largest absolute Gasteiger partial charge is 0.352 e. The highest BCUT2D eigenvalue weighted by atomic mass is 16.1. The average Bonchev–Trinajstić information content (AvgIpc) is 2.78. The Morgan fingerprint density at radius 2 is 1.31 bits per heavy atom. The third kappa shape index (κ3) is 6.60. The Morgan fingerprint density at radius 1 is 0.690 bits per heavy atom. The van der Waals surface area contributed by atoms with Crippen LogP contribution in [0, 0.1) is 0 Å². The first-order valence-corrected chi connectivity index (χ1v) is 10.7. The van der Waals surface area contributed by atoms with Gasteiger partial charge in [-0.2, -0.15) is 0 Å². The smallest absolute Gasteiger partial charge is 0.251 e. The van der Waals surface area contributed by atoms with Crippen LogP contribution < -0.4 is 5.32 Å². The van der Waals surface area contributed by atoms with Gasteiger partial charge >= 0.3 is 0 Å². The predicted molar refractivity (Wildman–Crippen MR) is 121 cm³/mol. The van der Waals surface area contributed by atoms with Crippen LogP contribution in [0.2, 0.25) is 0 Å². The molecule has 0 aliphatic heterocycles. The summed E-state index contributed by atoms with van der Waals surface area (Å²) in [5, 5.41) is 2.92. The molecular weight excluding hydrogens is 354 g/mol. The molecule has 3 aromatic carbocycles. The highest BCUT2D eigenvalue weighted by Gasteiger charge is 2.06. The van der Waals surface area contributed by atoms with Crippen LogP contribution in [0.4, 0.5) is 0 Å². The maximum atomic E-state index is 12.0. The van der Waals surface area contributed by atoms with Gasteiger partial charge in [0.2, 0.25) is 0 Å². The van der Waals surface area contributed by atoms with Crippen LogP contribution in [0.1, 0.15) is 52.4 Å². The van der Waals surface area contributed by atoms with Crippen LogP contribution in [0.5, 0.6) is 0 Å². The molecule has 150 valence electrons. The van der Waals surface area contributed by atoms with Gasteiger partial charge in [0.25, 0.3) is 5.91 Å². The van der Waals surface area contributed by atoms with Crippen molar-refractivity contribution in [3.8, 4) is 0 Å². The third-order valence-corrected chi connectivity index (χ3v) is 5.31. The van der Waals surface area contributed by atoms with Crippen molar-refractivity contribution in [1.29, 1.82) is 0 Å². The summed E-state index contributed by atoms with van der Waals surface area (Å²) < 4.78 is 0. The van der Waals surface area contributed by atoms with Crippen LogP contribution in [0.25, 0.3) is 0 Å². The van der Waals surface area contributed by atoms with Crippen molar-refractivity contribution in [2.75, 3.05) is 6.54 Å². The zero-order valence-corrected chi connectivity index (χ0v) is 17.4. The maximum Gasteiger partial charge on any atom is 0.251 e. The van der Waals surface area contributed by atoms with Crippen molar-refractivity contribution in [2.24, 2.45) is 0 Å².